The second kappa shape index (κ2) is 18.0. The SMILES string of the molecule is CC(C)(C)c1ccc(C2=C3C=CC(=N3)C(c3ccc(C(C)(C)C)cc3)=c3ccc([n-]3)=c3c4c(c(-c5ccccc5)c5cc(C(C)(C)C)ccc35)C(OC(=O)c3ccccc3)=C(N=4)c3cc([N+](=O)[O-])c2[n-]3)cc1.[Ni+2]. The molecule has 0 radical (unpaired) electrons. The molecule has 6 aromatic carbocycles. The van der Waals surface area contributed by atoms with Crippen molar-refractivity contribution in [2.45, 2.75) is 78.6 Å². The third-order valence-electron chi connectivity index (χ3n) is 13.9. The molecule has 10 heteroatoms. The summed E-state index contributed by atoms with van der Waals surface area (Å²) in [7, 11) is 0. The average Bonchev–Trinajstić information content (AvgIpc) is 4.19. The Morgan fingerprint density at radius 3 is 1.75 bits per heavy atom. The van der Waals surface area contributed by atoms with Crippen LogP contribution in [-0.2, 0) is 37.5 Å². The summed E-state index contributed by atoms with van der Waals surface area (Å²) in [5, 5.41) is 17.9. The van der Waals surface area contributed by atoms with Gasteiger partial charge in [0, 0.05) is 11.6 Å². The average molecular weight is 1000 g/mol. The van der Waals surface area contributed by atoms with Crippen LogP contribution in [0.5, 0.6) is 0 Å². The van der Waals surface area contributed by atoms with Gasteiger partial charge < -0.3 is 14.7 Å². The molecule has 0 aliphatic carbocycles. The van der Waals surface area contributed by atoms with E-state index in [0.717, 1.165) is 49.4 Å². The molecule has 5 heterocycles. The smallest absolute Gasteiger partial charge is 0.657 e. The molecule has 8 bridgehead atoms. The summed E-state index contributed by atoms with van der Waals surface area (Å²) in [5.41, 5.74) is 9.69. The zero-order valence-electron chi connectivity index (χ0n) is 42.2. The first-order valence-electron chi connectivity index (χ1n) is 24.3. The maximum Gasteiger partial charge on any atom is 2.00 e. The van der Waals surface area contributed by atoms with E-state index < -0.39 is 10.9 Å². The van der Waals surface area contributed by atoms with Crippen LogP contribution >= 0.6 is 0 Å². The molecule has 9 nitrogen and oxygen atoms in total. The van der Waals surface area contributed by atoms with Crippen molar-refractivity contribution in [1.29, 1.82) is 0 Å². The molecule has 3 aliphatic rings. The quantitative estimate of drug-likeness (QED) is 0.0707. The van der Waals surface area contributed by atoms with Gasteiger partial charge in [0.1, 0.15) is 0 Å². The molecule has 0 atom stereocenters. The maximum absolute atomic E-state index is 14.6. The Balaban J connectivity index is 0.00000611. The van der Waals surface area contributed by atoms with Crippen LogP contribution < -0.4 is 20.7 Å². The summed E-state index contributed by atoms with van der Waals surface area (Å²) in [6.45, 7) is 19.6. The van der Waals surface area contributed by atoms with E-state index in [0.29, 0.717) is 49.7 Å². The molecule has 0 unspecified atom stereocenters. The maximum atomic E-state index is 14.6. The number of carbonyl (C=O) groups excluding carboxylic acids is 1. The third kappa shape index (κ3) is 8.63. The minimum absolute atomic E-state index is 0. The molecule has 364 valence electrons. The van der Waals surface area contributed by atoms with Crippen LogP contribution in [0.4, 0.5) is 5.69 Å². The van der Waals surface area contributed by atoms with E-state index in [4.69, 9.17) is 24.7 Å². The van der Waals surface area contributed by atoms with Crippen molar-refractivity contribution >= 4 is 50.7 Å². The molecular formula is C63H53N5NiO4. The number of hydrogen-bond acceptors (Lipinski definition) is 6. The summed E-state index contributed by atoms with van der Waals surface area (Å²) in [5.74, 6) is -0.480. The summed E-state index contributed by atoms with van der Waals surface area (Å²) >= 11 is 0. The molecule has 0 N–H and O–H groups in total. The van der Waals surface area contributed by atoms with Crippen molar-refractivity contribution in [3.63, 3.8) is 0 Å². The van der Waals surface area contributed by atoms with Crippen LogP contribution in [0.2, 0.25) is 0 Å². The first kappa shape index (κ1) is 48.7. The number of esters is 1. The molecule has 0 spiro atoms. The normalized spacial score (nSPS) is 14.2. The minimum atomic E-state index is -0.615. The van der Waals surface area contributed by atoms with Crippen molar-refractivity contribution in [2.24, 2.45) is 9.98 Å². The standard InChI is InChI=1S/C63H53N5O4.Ni/c1-61(2,3)40-24-20-37(21-25-40)52-45-30-32-47(64-45)53(38-22-26-41(27-23-38)62(4,5)6)57-50(68(70)71)35-49(66-57)56-59(72-60(69)39-18-14-11-15-19-39)55-51(36-16-12-10-13-17-36)44-34-42(63(7,8)9)28-29-43(44)54(58(55)67-56)48-33-31-46(52)65-48;/h10-35H,1-9H3;/q-2;+2. The van der Waals surface area contributed by atoms with Gasteiger partial charge in [-0.05, 0) is 113 Å². The van der Waals surface area contributed by atoms with Gasteiger partial charge in [-0.3, -0.25) is 10.1 Å². The Morgan fingerprint density at radius 1 is 0.575 bits per heavy atom. The molecular weight excluding hydrogens is 949 g/mol. The molecule has 0 amide bonds. The molecule has 0 saturated heterocycles. The fourth-order valence-electron chi connectivity index (χ4n) is 9.96. The second-order valence-corrected chi connectivity index (χ2v) is 21.9. The fourth-order valence-corrected chi connectivity index (χ4v) is 9.96. The minimum Gasteiger partial charge on any atom is -0.657 e. The molecule has 3 aliphatic heterocycles. The molecule has 2 aromatic heterocycles. The van der Waals surface area contributed by atoms with Crippen LogP contribution in [0.3, 0.4) is 0 Å². The predicted molar refractivity (Wildman–Crippen MR) is 287 cm³/mol. The zero-order chi connectivity index (χ0) is 50.4. The number of rotatable bonds is 6. The van der Waals surface area contributed by atoms with Crippen LogP contribution in [-0.4, -0.2) is 16.6 Å². The van der Waals surface area contributed by atoms with Crippen molar-refractivity contribution in [1.82, 2.24) is 9.97 Å². The van der Waals surface area contributed by atoms with E-state index >= 15 is 0 Å². The van der Waals surface area contributed by atoms with Gasteiger partial charge in [-0.25, -0.2) is 14.8 Å². The Labute approximate surface area is 434 Å². The Morgan fingerprint density at radius 2 is 1.15 bits per heavy atom. The first-order valence-corrected chi connectivity index (χ1v) is 24.3. The molecule has 73 heavy (non-hydrogen) atoms. The number of benzene rings is 6. The van der Waals surface area contributed by atoms with E-state index in [1.54, 1.807) is 24.3 Å². The Hall–Kier alpha value is -7.94. The number of fused-ring (bicyclic) bond motifs is 9. The van der Waals surface area contributed by atoms with E-state index in [2.05, 4.69) is 117 Å². The topological polar surface area (TPSA) is 122 Å². The molecule has 11 rings (SSSR count). The van der Waals surface area contributed by atoms with Crippen molar-refractivity contribution in [3.8, 4) is 11.1 Å². The third-order valence-corrected chi connectivity index (χ3v) is 13.9. The molecule has 8 aromatic rings. The van der Waals surface area contributed by atoms with Gasteiger partial charge >= 0.3 is 22.5 Å². The number of allylic oxidation sites excluding steroid dienone is 2. The molecule has 0 saturated carbocycles. The van der Waals surface area contributed by atoms with Gasteiger partial charge in [-0.1, -0.05) is 189 Å². The Kier molecular flexibility index (Phi) is 12.0. The Bertz CT molecular complexity index is 3950. The van der Waals surface area contributed by atoms with Gasteiger partial charge in [0.05, 0.1) is 38.5 Å². The number of nitro groups is 1. The van der Waals surface area contributed by atoms with Gasteiger partial charge in [0.2, 0.25) is 0 Å². The number of aliphatic imine (C=N–C) groups is 1. The zero-order valence-corrected chi connectivity index (χ0v) is 43.2. The fraction of sp³-hybridized carbons (Fsp3) is 0.190. The van der Waals surface area contributed by atoms with Crippen LogP contribution in [0.25, 0.3) is 44.5 Å². The van der Waals surface area contributed by atoms with Gasteiger partial charge in [-0.2, -0.15) is 0 Å². The van der Waals surface area contributed by atoms with Gasteiger partial charge in [0.25, 0.3) is 5.69 Å². The van der Waals surface area contributed by atoms with E-state index in [1.807, 2.05) is 72.8 Å². The van der Waals surface area contributed by atoms with Crippen LogP contribution in [0.15, 0.2) is 173 Å². The van der Waals surface area contributed by atoms with Crippen molar-refractivity contribution in [2.75, 3.05) is 0 Å². The van der Waals surface area contributed by atoms with Gasteiger partial charge in [-0.15, -0.1) is 10.7 Å². The number of carbonyl (C=O) groups is 1. The summed E-state index contributed by atoms with van der Waals surface area (Å²) in [6.07, 6.45) is 3.86. The predicted octanol–water partition coefficient (Wildman–Crippen LogP) is 12.8. The van der Waals surface area contributed by atoms with Crippen LogP contribution in [0.1, 0.15) is 117 Å². The summed E-state index contributed by atoms with van der Waals surface area (Å²) < 4.78 is 6.68. The van der Waals surface area contributed by atoms with Crippen LogP contribution in [0, 0.1) is 20.7 Å². The number of nitrogens with zero attached hydrogens (tertiary/aromatic N) is 5. The summed E-state index contributed by atoms with van der Waals surface area (Å²) in [6, 6.07) is 47.4. The molecule has 0 fully saturated rings. The number of hydrogen-bond donors (Lipinski definition) is 0. The van der Waals surface area contributed by atoms with E-state index in [-0.39, 0.29) is 61.3 Å². The largest absolute Gasteiger partial charge is 2.00 e. The second-order valence-electron chi connectivity index (χ2n) is 21.9. The number of ether oxygens (including phenoxy) is 1. The first-order chi connectivity index (χ1) is 34.3. The number of aromatic nitrogens is 2. The monoisotopic (exact) mass is 1000 g/mol. The van der Waals surface area contributed by atoms with Crippen molar-refractivity contribution in [3.05, 3.63) is 245 Å². The van der Waals surface area contributed by atoms with Gasteiger partial charge in [0.15, 0.2) is 5.76 Å². The van der Waals surface area contributed by atoms with Crippen molar-refractivity contribution < 1.29 is 30.9 Å². The summed E-state index contributed by atoms with van der Waals surface area (Å²) in [4.78, 5) is 49.3. The van der Waals surface area contributed by atoms with E-state index in [1.165, 1.54) is 11.6 Å². The van der Waals surface area contributed by atoms with E-state index in [9.17, 15) is 14.9 Å².